The number of nitrogens with one attached hydrogen (secondary N) is 2. The van der Waals surface area contributed by atoms with Crippen molar-refractivity contribution in [3.8, 4) is 0 Å². The quantitative estimate of drug-likeness (QED) is 0.322. The molecule has 1 unspecified atom stereocenters. The first-order valence-corrected chi connectivity index (χ1v) is 13.3. The van der Waals surface area contributed by atoms with Crippen LogP contribution in [0.3, 0.4) is 0 Å². The summed E-state index contributed by atoms with van der Waals surface area (Å²) >= 11 is 0. The van der Waals surface area contributed by atoms with Crippen LogP contribution in [0.15, 0.2) is 48.8 Å². The van der Waals surface area contributed by atoms with Gasteiger partial charge in [0.2, 0.25) is 11.8 Å². The van der Waals surface area contributed by atoms with E-state index in [2.05, 4.69) is 20.6 Å². The number of fused-ring (bicyclic) bond motifs is 1. The maximum Gasteiger partial charge on any atom is 0.406 e. The van der Waals surface area contributed by atoms with Crippen molar-refractivity contribution < 1.29 is 40.7 Å². The lowest BCUT2D eigenvalue weighted by Gasteiger charge is -2.43. The van der Waals surface area contributed by atoms with Gasteiger partial charge in [0, 0.05) is 47.9 Å². The summed E-state index contributed by atoms with van der Waals surface area (Å²) in [5, 5.41) is 5.08. The van der Waals surface area contributed by atoms with Crippen molar-refractivity contribution in [2.24, 2.45) is 5.92 Å². The number of rotatable bonds is 6. The lowest BCUT2D eigenvalue weighted by atomic mass is 9.81. The zero-order chi connectivity index (χ0) is 31.1. The smallest absolute Gasteiger partial charge is 0.340 e. The molecule has 0 radical (unpaired) electrons. The fourth-order valence-electron chi connectivity index (χ4n) is 5.63. The van der Waals surface area contributed by atoms with E-state index in [0.717, 1.165) is 0 Å². The maximum absolute atomic E-state index is 14.7. The summed E-state index contributed by atoms with van der Waals surface area (Å²) in [7, 11) is 0. The minimum Gasteiger partial charge on any atom is -0.340 e. The van der Waals surface area contributed by atoms with Crippen LogP contribution in [-0.2, 0) is 22.4 Å². The van der Waals surface area contributed by atoms with Crippen LogP contribution < -0.4 is 10.6 Å². The van der Waals surface area contributed by atoms with Gasteiger partial charge in [0.05, 0.1) is 5.56 Å². The first-order chi connectivity index (χ1) is 20.3. The van der Waals surface area contributed by atoms with Crippen LogP contribution in [0.5, 0.6) is 0 Å². The monoisotopic (exact) mass is 605 g/mol. The fraction of sp³-hybridized carbons (Fsp3) is 0.345. The first-order valence-electron chi connectivity index (χ1n) is 13.3. The summed E-state index contributed by atoms with van der Waals surface area (Å²) in [5.74, 6) is -7.95. The highest BCUT2D eigenvalue weighted by Crippen LogP contribution is 2.38. The molecule has 2 N–H and O–H groups in total. The molecule has 4 atom stereocenters. The molecule has 1 aliphatic carbocycles. The Morgan fingerprint density at radius 3 is 2.49 bits per heavy atom. The van der Waals surface area contributed by atoms with E-state index in [0.29, 0.717) is 40.5 Å². The van der Waals surface area contributed by atoms with Gasteiger partial charge in [-0.05, 0) is 55.7 Å². The Bertz CT molecular complexity index is 1570. The van der Waals surface area contributed by atoms with Crippen molar-refractivity contribution in [1.29, 1.82) is 0 Å². The Morgan fingerprint density at radius 2 is 1.79 bits per heavy atom. The third-order valence-electron chi connectivity index (χ3n) is 7.77. The van der Waals surface area contributed by atoms with Gasteiger partial charge >= 0.3 is 6.18 Å². The van der Waals surface area contributed by atoms with Crippen molar-refractivity contribution >= 4 is 23.5 Å². The second-order valence-electron chi connectivity index (χ2n) is 10.6. The van der Waals surface area contributed by atoms with Crippen LogP contribution in [0.1, 0.15) is 46.4 Å². The van der Waals surface area contributed by atoms with Gasteiger partial charge < -0.3 is 15.5 Å². The Morgan fingerprint density at radius 1 is 1.05 bits per heavy atom. The minimum absolute atomic E-state index is 0.0296. The van der Waals surface area contributed by atoms with E-state index in [4.69, 9.17) is 0 Å². The molecule has 14 heteroatoms. The largest absolute Gasteiger partial charge is 0.406 e. The molecule has 0 spiro atoms. The lowest BCUT2D eigenvalue weighted by molar-refractivity contribution is -0.170. The van der Waals surface area contributed by atoms with Gasteiger partial charge in [-0.1, -0.05) is 6.07 Å². The van der Waals surface area contributed by atoms with E-state index in [-0.39, 0.29) is 17.9 Å². The number of benzene rings is 1. The number of halogens is 6. The third-order valence-corrected chi connectivity index (χ3v) is 7.77. The van der Waals surface area contributed by atoms with Gasteiger partial charge in [-0.25, -0.2) is 18.2 Å². The van der Waals surface area contributed by atoms with Crippen LogP contribution in [0.25, 0.3) is 0 Å². The van der Waals surface area contributed by atoms with Gasteiger partial charge in [0.15, 0.2) is 11.6 Å². The van der Waals surface area contributed by atoms with Crippen molar-refractivity contribution in [3.05, 3.63) is 88.6 Å². The van der Waals surface area contributed by atoms with Crippen LogP contribution >= 0.6 is 0 Å². The standard InChI is InChI=1S/C29H25F6N5O3/c1-14-18(24-19(30)5-6-20(31)25(24)32)11-22(28(43)40(14)13-29(33,34)35)38-27(42)17-9-15-8-16(10-21(15)37-12-17)26(41)39-23-4-2-3-7-36-23/h2-7,9,12,14,16,18,22H,8,10-11,13H2,1H3,(H,38,42)(H,36,39,41)/t14-,16+,18?,22+/m1/s1. The predicted octanol–water partition coefficient (Wildman–Crippen LogP) is 4.31. The predicted molar refractivity (Wildman–Crippen MR) is 140 cm³/mol. The second kappa shape index (κ2) is 11.7. The van der Waals surface area contributed by atoms with E-state index in [9.17, 15) is 40.7 Å². The topological polar surface area (TPSA) is 104 Å². The highest BCUT2D eigenvalue weighted by Gasteiger charge is 2.47. The molecule has 1 aliphatic heterocycles. The number of carbonyl (C=O) groups excluding carboxylic acids is 3. The number of aromatic nitrogens is 2. The zero-order valence-corrected chi connectivity index (χ0v) is 22.6. The van der Waals surface area contributed by atoms with Gasteiger partial charge in [0.1, 0.15) is 24.2 Å². The van der Waals surface area contributed by atoms with Crippen LogP contribution in [0.2, 0.25) is 0 Å². The Hall–Kier alpha value is -4.49. The van der Waals surface area contributed by atoms with Crippen LogP contribution in [0, 0.1) is 23.4 Å². The molecule has 1 saturated heterocycles. The molecule has 3 heterocycles. The van der Waals surface area contributed by atoms with E-state index in [1.54, 1.807) is 18.2 Å². The minimum atomic E-state index is -4.86. The highest BCUT2D eigenvalue weighted by molar-refractivity contribution is 5.98. The molecular formula is C29H25F6N5O3. The number of nitrogens with zero attached hydrogens (tertiary/aromatic N) is 3. The number of amides is 3. The number of hydrogen-bond donors (Lipinski definition) is 2. The molecule has 43 heavy (non-hydrogen) atoms. The molecule has 0 bridgehead atoms. The summed E-state index contributed by atoms with van der Waals surface area (Å²) in [6, 6.07) is 4.74. The molecule has 3 amide bonds. The fourth-order valence-corrected chi connectivity index (χ4v) is 5.63. The third kappa shape index (κ3) is 6.32. The van der Waals surface area contributed by atoms with Gasteiger partial charge in [-0.15, -0.1) is 0 Å². The second-order valence-corrected chi connectivity index (χ2v) is 10.6. The molecule has 8 nitrogen and oxygen atoms in total. The Kier molecular flexibility index (Phi) is 8.12. The molecule has 0 saturated carbocycles. The number of piperidine rings is 1. The molecule has 1 fully saturated rings. The van der Waals surface area contributed by atoms with Crippen molar-refractivity contribution in [2.75, 3.05) is 11.9 Å². The Balaban J connectivity index is 1.35. The molecular weight excluding hydrogens is 580 g/mol. The number of alkyl halides is 3. The maximum atomic E-state index is 14.7. The van der Waals surface area contributed by atoms with E-state index >= 15 is 0 Å². The van der Waals surface area contributed by atoms with Gasteiger partial charge in [-0.2, -0.15) is 13.2 Å². The average Bonchev–Trinajstić information content (AvgIpc) is 3.39. The van der Waals surface area contributed by atoms with Gasteiger partial charge in [0.25, 0.3) is 5.91 Å². The highest BCUT2D eigenvalue weighted by atomic mass is 19.4. The normalized spacial score (nSPS) is 21.8. The molecule has 1 aromatic carbocycles. The number of carbonyl (C=O) groups is 3. The van der Waals surface area contributed by atoms with E-state index < -0.39 is 77.9 Å². The van der Waals surface area contributed by atoms with E-state index in [1.165, 1.54) is 25.4 Å². The number of anilines is 1. The SMILES string of the molecule is C[C@@H]1C(c2c(F)ccc(F)c2F)C[C@H](NC(=O)c2cnc3c(c2)C[C@H](C(=O)Nc2ccccn2)C3)C(=O)N1CC(F)(F)F. The summed E-state index contributed by atoms with van der Waals surface area (Å²) in [5.41, 5.74) is 0.338. The van der Waals surface area contributed by atoms with Crippen LogP contribution in [-0.4, -0.2) is 57.4 Å². The number of hydrogen-bond acceptors (Lipinski definition) is 5. The summed E-state index contributed by atoms with van der Waals surface area (Å²) in [6.45, 7) is -0.558. The zero-order valence-electron chi connectivity index (χ0n) is 22.6. The van der Waals surface area contributed by atoms with Crippen molar-refractivity contribution in [3.63, 3.8) is 0 Å². The number of pyridine rings is 2. The molecule has 226 valence electrons. The Labute approximate surface area is 241 Å². The van der Waals surface area contributed by atoms with Gasteiger partial charge in [-0.3, -0.25) is 19.4 Å². The summed E-state index contributed by atoms with van der Waals surface area (Å²) in [4.78, 5) is 47.7. The van der Waals surface area contributed by atoms with Crippen LogP contribution in [0.4, 0.5) is 32.2 Å². The summed E-state index contributed by atoms with van der Waals surface area (Å²) in [6.07, 6.45) is -2.05. The summed E-state index contributed by atoms with van der Waals surface area (Å²) < 4.78 is 83.6. The lowest BCUT2D eigenvalue weighted by Crippen LogP contribution is -2.60. The van der Waals surface area contributed by atoms with E-state index in [1.807, 2.05) is 0 Å². The molecule has 2 aliphatic rings. The van der Waals surface area contributed by atoms with Crippen molar-refractivity contribution in [2.45, 2.75) is 50.4 Å². The number of likely N-dealkylation sites (tertiary alicyclic amines) is 1. The molecule has 2 aromatic heterocycles. The van der Waals surface area contributed by atoms with Crippen molar-refractivity contribution in [1.82, 2.24) is 20.2 Å². The molecule has 3 aromatic rings. The molecule has 5 rings (SSSR count). The first kappa shape index (κ1) is 30.0. The average molecular weight is 606 g/mol.